The Balaban J connectivity index is 2.49. The van der Waals surface area contributed by atoms with Gasteiger partial charge in [0.1, 0.15) is 0 Å². The predicted molar refractivity (Wildman–Crippen MR) is 57.4 cm³/mol. The zero-order valence-electron chi connectivity index (χ0n) is 9.38. The highest BCUT2D eigenvalue weighted by Crippen LogP contribution is 2.26. The fourth-order valence-corrected chi connectivity index (χ4v) is 2.26. The average Bonchev–Trinajstić information content (AvgIpc) is 2.19. The Morgan fingerprint density at radius 2 is 2.29 bits per heavy atom. The van der Waals surface area contributed by atoms with Gasteiger partial charge in [-0.3, -0.25) is 0 Å². The summed E-state index contributed by atoms with van der Waals surface area (Å²) in [5.41, 5.74) is -0.0766. The van der Waals surface area contributed by atoms with Crippen molar-refractivity contribution in [2.45, 2.75) is 51.2 Å². The Bertz CT molecular complexity index is 157. The molecule has 3 heteroatoms. The van der Waals surface area contributed by atoms with Crippen molar-refractivity contribution in [1.29, 1.82) is 0 Å². The molecule has 0 aliphatic carbocycles. The minimum atomic E-state index is -0.0766. The van der Waals surface area contributed by atoms with Crippen molar-refractivity contribution >= 4 is 0 Å². The highest BCUT2D eigenvalue weighted by Gasteiger charge is 2.35. The van der Waals surface area contributed by atoms with Gasteiger partial charge in [0.2, 0.25) is 0 Å². The van der Waals surface area contributed by atoms with Gasteiger partial charge < -0.3 is 15.2 Å². The summed E-state index contributed by atoms with van der Waals surface area (Å²) in [7, 11) is 0. The van der Waals surface area contributed by atoms with E-state index >= 15 is 0 Å². The molecule has 1 aliphatic rings. The molecular formula is C11H23NO2. The van der Waals surface area contributed by atoms with E-state index in [1.165, 1.54) is 0 Å². The summed E-state index contributed by atoms with van der Waals surface area (Å²) in [6.07, 6.45) is 4.47. The highest BCUT2D eigenvalue weighted by atomic mass is 16.5. The van der Waals surface area contributed by atoms with Gasteiger partial charge in [-0.15, -0.1) is 0 Å². The maximum absolute atomic E-state index is 9.44. The van der Waals surface area contributed by atoms with E-state index in [-0.39, 0.29) is 12.1 Å². The zero-order chi connectivity index (χ0) is 10.4. The van der Waals surface area contributed by atoms with Crippen molar-refractivity contribution in [3.8, 4) is 0 Å². The first-order valence-electron chi connectivity index (χ1n) is 5.74. The van der Waals surface area contributed by atoms with Crippen molar-refractivity contribution in [1.82, 2.24) is 5.32 Å². The molecule has 84 valence electrons. The fourth-order valence-electron chi connectivity index (χ4n) is 2.26. The van der Waals surface area contributed by atoms with Crippen LogP contribution in [0.1, 0.15) is 39.5 Å². The molecule has 2 atom stereocenters. The highest BCUT2D eigenvalue weighted by molar-refractivity contribution is 4.92. The summed E-state index contributed by atoms with van der Waals surface area (Å²) in [6, 6.07) is 0. The van der Waals surface area contributed by atoms with Gasteiger partial charge in [0.05, 0.1) is 12.7 Å². The Labute approximate surface area is 86.8 Å². The second kappa shape index (κ2) is 5.69. The summed E-state index contributed by atoms with van der Waals surface area (Å²) >= 11 is 0. The van der Waals surface area contributed by atoms with Gasteiger partial charge in [0.25, 0.3) is 0 Å². The number of ether oxygens (including phenoxy) is 1. The maximum Gasteiger partial charge on any atom is 0.0615 e. The van der Waals surface area contributed by atoms with Crippen molar-refractivity contribution in [3.05, 3.63) is 0 Å². The van der Waals surface area contributed by atoms with Crippen molar-refractivity contribution in [2.75, 3.05) is 19.8 Å². The predicted octanol–water partition coefficient (Wildman–Crippen LogP) is 1.31. The molecular weight excluding hydrogens is 178 g/mol. The number of aliphatic hydroxyl groups excluding tert-OH is 1. The Hall–Kier alpha value is -0.120. The van der Waals surface area contributed by atoms with E-state index < -0.39 is 0 Å². The molecule has 2 unspecified atom stereocenters. The van der Waals surface area contributed by atoms with Crippen LogP contribution in [0.3, 0.4) is 0 Å². The first-order chi connectivity index (χ1) is 6.76. The van der Waals surface area contributed by atoms with Crippen LogP contribution in [-0.2, 0) is 4.74 Å². The van der Waals surface area contributed by atoms with Gasteiger partial charge in [-0.1, -0.05) is 20.3 Å². The normalized spacial score (nSPS) is 33.2. The minimum Gasteiger partial charge on any atom is -0.394 e. The van der Waals surface area contributed by atoms with E-state index in [1.807, 2.05) is 0 Å². The lowest BCUT2D eigenvalue weighted by Crippen LogP contribution is -2.54. The molecule has 0 aromatic rings. The van der Waals surface area contributed by atoms with Crippen LogP contribution in [0.25, 0.3) is 0 Å². The molecule has 1 rings (SSSR count). The van der Waals surface area contributed by atoms with E-state index in [9.17, 15) is 5.11 Å². The topological polar surface area (TPSA) is 41.5 Å². The third-order valence-corrected chi connectivity index (χ3v) is 3.02. The monoisotopic (exact) mass is 201 g/mol. The Morgan fingerprint density at radius 3 is 2.86 bits per heavy atom. The average molecular weight is 201 g/mol. The lowest BCUT2D eigenvalue weighted by molar-refractivity contribution is -0.0476. The zero-order valence-corrected chi connectivity index (χ0v) is 9.38. The van der Waals surface area contributed by atoms with Crippen LogP contribution in [0.15, 0.2) is 0 Å². The second-order valence-electron chi connectivity index (χ2n) is 4.20. The van der Waals surface area contributed by atoms with Gasteiger partial charge in [-0.05, 0) is 25.8 Å². The summed E-state index contributed by atoms with van der Waals surface area (Å²) in [5, 5.41) is 12.8. The van der Waals surface area contributed by atoms with E-state index in [0.29, 0.717) is 6.10 Å². The van der Waals surface area contributed by atoms with Crippen molar-refractivity contribution in [2.24, 2.45) is 0 Å². The van der Waals surface area contributed by atoms with Gasteiger partial charge in [0.15, 0.2) is 0 Å². The number of likely N-dealkylation sites (N-methyl/N-ethyl adjacent to an activating group) is 1. The van der Waals surface area contributed by atoms with E-state index in [2.05, 4.69) is 19.2 Å². The van der Waals surface area contributed by atoms with Gasteiger partial charge in [-0.25, -0.2) is 0 Å². The molecule has 1 fully saturated rings. The summed E-state index contributed by atoms with van der Waals surface area (Å²) in [4.78, 5) is 0. The first kappa shape index (κ1) is 12.0. The van der Waals surface area contributed by atoms with Crippen molar-refractivity contribution in [3.63, 3.8) is 0 Å². The molecule has 1 saturated heterocycles. The third kappa shape index (κ3) is 2.94. The molecule has 0 aromatic carbocycles. The van der Waals surface area contributed by atoms with E-state index in [1.54, 1.807) is 0 Å². The van der Waals surface area contributed by atoms with Crippen LogP contribution < -0.4 is 5.32 Å². The summed E-state index contributed by atoms with van der Waals surface area (Å²) in [5.74, 6) is 0. The second-order valence-corrected chi connectivity index (χ2v) is 4.20. The fraction of sp³-hybridized carbons (Fsp3) is 1.00. The van der Waals surface area contributed by atoms with Crippen LogP contribution in [0, 0.1) is 0 Å². The molecule has 3 nitrogen and oxygen atoms in total. The van der Waals surface area contributed by atoms with Crippen LogP contribution in [0.2, 0.25) is 0 Å². The van der Waals surface area contributed by atoms with Crippen LogP contribution in [0.5, 0.6) is 0 Å². The molecule has 0 bridgehead atoms. The summed E-state index contributed by atoms with van der Waals surface area (Å²) in [6.45, 7) is 6.18. The lowest BCUT2D eigenvalue weighted by Gasteiger charge is -2.40. The van der Waals surface area contributed by atoms with Crippen LogP contribution in [0.4, 0.5) is 0 Å². The quantitative estimate of drug-likeness (QED) is 0.704. The van der Waals surface area contributed by atoms with Gasteiger partial charge in [0, 0.05) is 12.1 Å². The molecule has 1 heterocycles. The van der Waals surface area contributed by atoms with E-state index in [4.69, 9.17) is 4.74 Å². The molecule has 2 N–H and O–H groups in total. The van der Waals surface area contributed by atoms with Gasteiger partial charge in [-0.2, -0.15) is 0 Å². The number of hydrogen-bond donors (Lipinski definition) is 2. The number of hydrogen-bond acceptors (Lipinski definition) is 3. The first-order valence-corrected chi connectivity index (χ1v) is 5.74. The largest absolute Gasteiger partial charge is 0.394 e. The third-order valence-electron chi connectivity index (χ3n) is 3.02. The number of rotatable bonds is 5. The Morgan fingerprint density at radius 1 is 1.50 bits per heavy atom. The Kier molecular flexibility index (Phi) is 4.85. The molecule has 0 radical (unpaired) electrons. The molecule has 0 spiro atoms. The van der Waals surface area contributed by atoms with Crippen LogP contribution >= 0.6 is 0 Å². The molecule has 0 saturated carbocycles. The van der Waals surface area contributed by atoms with Crippen LogP contribution in [-0.4, -0.2) is 36.5 Å². The minimum absolute atomic E-state index is 0.0766. The SMILES string of the molecule is CCCC1CC(CO)(NCC)CCO1. The maximum atomic E-state index is 9.44. The molecule has 0 aromatic heterocycles. The summed E-state index contributed by atoms with van der Waals surface area (Å²) < 4.78 is 5.67. The van der Waals surface area contributed by atoms with E-state index in [0.717, 1.165) is 38.8 Å². The molecule has 1 aliphatic heterocycles. The molecule has 0 amide bonds. The number of nitrogens with one attached hydrogen (secondary N) is 1. The number of aliphatic hydroxyl groups is 1. The molecule has 14 heavy (non-hydrogen) atoms. The van der Waals surface area contributed by atoms with Gasteiger partial charge >= 0.3 is 0 Å². The standard InChI is InChI=1S/C11H23NO2/c1-3-5-10-8-11(9-13,12-4-2)6-7-14-10/h10,12-13H,3-9H2,1-2H3. The smallest absolute Gasteiger partial charge is 0.0615 e. The lowest BCUT2D eigenvalue weighted by atomic mass is 9.86. The van der Waals surface area contributed by atoms with Crippen molar-refractivity contribution < 1.29 is 9.84 Å².